The van der Waals surface area contributed by atoms with Crippen LogP contribution in [0.2, 0.25) is 0 Å². The van der Waals surface area contributed by atoms with Crippen LogP contribution in [0.3, 0.4) is 0 Å². The second-order valence-corrected chi connectivity index (χ2v) is 9.73. The Hall–Kier alpha value is -1.91. The van der Waals surface area contributed by atoms with Gasteiger partial charge in [0.2, 0.25) is 0 Å². The highest BCUT2D eigenvalue weighted by Gasteiger charge is 2.60. The summed E-state index contributed by atoms with van der Waals surface area (Å²) in [5.74, 6) is -0.0217. The topological polar surface area (TPSA) is 80.7 Å². The van der Waals surface area contributed by atoms with Crippen LogP contribution in [0.5, 0.6) is 0 Å². The number of hydrogen-bond acceptors (Lipinski definition) is 4. The number of Topliss-reactive ketones (excluding diaryl/α,β-unsaturated/α-hetero) is 1. The van der Waals surface area contributed by atoms with Gasteiger partial charge in [0.1, 0.15) is 6.10 Å². The van der Waals surface area contributed by atoms with Crippen LogP contribution >= 0.6 is 0 Å². The number of ether oxygens (including phenoxy) is 1. The average molecular weight is 386 g/mol. The zero-order chi connectivity index (χ0) is 20.3. The van der Waals surface area contributed by atoms with Gasteiger partial charge in [-0.15, -0.1) is 0 Å². The van der Waals surface area contributed by atoms with Crippen molar-refractivity contribution in [3.8, 4) is 0 Å². The number of fused-ring (bicyclic) bond motifs is 5. The fraction of sp³-hybridized carbons (Fsp3) is 0.696. The molecule has 4 aliphatic rings. The Morgan fingerprint density at radius 2 is 1.86 bits per heavy atom. The third-order valence-electron chi connectivity index (χ3n) is 8.33. The van der Waals surface area contributed by atoms with E-state index in [1.165, 1.54) is 12.5 Å². The Morgan fingerprint density at radius 1 is 1.14 bits per heavy atom. The number of hydrogen-bond donors (Lipinski definition) is 1. The van der Waals surface area contributed by atoms with E-state index >= 15 is 0 Å². The Kier molecular flexibility index (Phi) is 4.55. The van der Waals surface area contributed by atoms with Crippen LogP contribution in [-0.4, -0.2) is 28.9 Å². The van der Waals surface area contributed by atoms with Crippen LogP contribution in [0, 0.1) is 28.6 Å². The molecule has 0 aromatic carbocycles. The highest BCUT2D eigenvalue weighted by Crippen LogP contribution is 2.64. The number of carboxylic acids is 1. The lowest BCUT2D eigenvalue weighted by Crippen LogP contribution is -2.50. The molecule has 0 radical (unpaired) electrons. The first-order valence-corrected chi connectivity index (χ1v) is 10.5. The Morgan fingerprint density at radius 3 is 2.54 bits per heavy atom. The van der Waals surface area contributed by atoms with E-state index < -0.39 is 11.4 Å². The molecule has 5 heteroatoms. The summed E-state index contributed by atoms with van der Waals surface area (Å²) < 4.78 is 5.48. The number of ketones is 1. The van der Waals surface area contributed by atoms with Crippen LogP contribution in [0.15, 0.2) is 23.3 Å². The minimum Gasteiger partial charge on any atom is -0.478 e. The summed E-state index contributed by atoms with van der Waals surface area (Å²) in [5, 5.41) is 9.15. The number of carboxylic acid groups (broad SMARTS) is 1. The van der Waals surface area contributed by atoms with Gasteiger partial charge < -0.3 is 9.84 Å². The zero-order valence-electron chi connectivity index (χ0n) is 17.0. The van der Waals surface area contributed by atoms with Crippen molar-refractivity contribution in [1.29, 1.82) is 0 Å². The van der Waals surface area contributed by atoms with Gasteiger partial charge >= 0.3 is 11.9 Å². The number of carbonyl (C=O) groups excluding carboxylic acids is 2. The van der Waals surface area contributed by atoms with E-state index in [1.807, 2.05) is 0 Å². The molecule has 0 aromatic rings. The van der Waals surface area contributed by atoms with E-state index in [1.54, 1.807) is 0 Å². The second-order valence-electron chi connectivity index (χ2n) is 9.73. The minimum absolute atomic E-state index is 0.0135. The zero-order valence-corrected chi connectivity index (χ0v) is 17.0. The maximum Gasteiger partial charge on any atom is 0.328 e. The molecule has 0 saturated heterocycles. The SMILES string of the molecule is CC(=O)OC1CCC2(C)C(=CCC3C4C/C(=C\C(=O)O)C(=O)C4(C)CCC32)C1. The molecule has 0 heterocycles. The van der Waals surface area contributed by atoms with Gasteiger partial charge in [0.25, 0.3) is 0 Å². The number of esters is 1. The third-order valence-corrected chi connectivity index (χ3v) is 8.33. The van der Waals surface area contributed by atoms with Gasteiger partial charge in [0, 0.05) is 30.4 Å². The maximum absolute atomic E-state index is 13.0. The van der Waals surface area contributed by atoms with Crippen molar-refractivity contribution in [3.05, 3.63) is 23.3 Å². The molecule has 6 atom stereocenters. The van der Waals surface area contributed by atoms with Crippen LogP contribution < -0.4 is 0 Å². The number of rotatable bonds is 2. The highest BCUT2D eigenvalue weighted by atomic mass is 16.5. The van der Waals surface area contributed by atoms with Gasteiger partial charge in [-0.1, -0.05) is 25.5 Å². The molecular formula is C23H30O5. The molecule has 5 nitrogen and oxygen atoms in total. The van der Waals surface area contributed by atoms with Crippen LogP contribution in [0.4, 0.5) is 0 Å². The molecule has 0 bridgehead atoms. The summed E-state index contributed by atoms with van der Waals surface area (Å²) in [5.41, 5.74) is 1.60. The summed E-state index contributed by atoms with van der Waals surface area (Å²) in [6.07, 6.45) is 9.57. The molecule has 1 N–H and O–H groups in total. The third kappa shape index (κ3) is 2.85. The summed E-state index contributed by atoms with van der Waals surface area (Å²) in [4.78, 5) is 35.5. The highest BCUT2D eigenvalue weighted by molar-refractivity contribution is 6.06. The van der Waals surface area contributed by atoms with Crippen molar-refractivity contribution >= 4 is 17.7 Å². The molecule has 4 rings (SSSR count). The molecule has 0 aromatic heterocycles. The standard InChI is InChI=1S/C23H30O5/c1-13(24)28-16-6-8-22(2)15(12-16)4-5-17-18(22)7-9-23(3)19(17)10-14(21(23)27)11-20(25)26/h4,11,16-19H,5-10,12H2,1-3H3,(H,25,26)/b14-11+. The molecular weight excluding hydrogens is 356 g/mol. The van der Waals surface area contributed by atoms with Gasteiger partial charge in [-0.25, -0.2) is 4.79 Å². The first-order valence-electron chi connectivity index (χ1n) is 10.5. The summed E-state index contributed by atoms with van der Waals surface area (Å²) in [7, 11) is 0. The molecule has 28 heavy (non-hydrogen) atoms. The quantitative estimate of drug-likeness (QED) is 0.439. The predicted octanol–water partition coefficient (Wildman–Crippen LogP) is 4.07. The van der Waals surface area contributed by atoms with Crippen molar-refractivity contribution in [2.45, 2.75) is 71.8 Å². The van der Waals surface area contributed by atoms with Gasteiger partial charge in [-0.3, -0.25) is 9.59 Å². The van der Waals surface area contributed by atoms with Crippen molar-refractivity contribution in [1.82, 2.24) is 0 Å². The van der Waals surface area contributed by atoms with Gasteiger partial charge in [0.05, 0.1) is 0 Å². The summed E-state index contributed by atoms with van der Waals surface area (Å²) >= 11 is 0. The maximum atomic E-state index is 13.0. The molecule has 3 fully saturated rings. The van der Waals surface area contributed by atoms with E-state index in [2.05, 4.69) is 19.9 Å². The Balaban J connectivity index is 1.62. The molecule has 0 amide bonds. The van der Waals surface area contributed by atoms with Crippen molar-refractivity contribution in [3.63, 3.8) is 0 Å². The van der Waals surface area contributed by atoms with E-state index in [0.29, 0.717) is 23.8 Å². The normalized spacial score (nSPS) is 43.6. The first-order chi connectivity index (χ1) is 13.1. The van der Waals surface area contributed by atoms with Crippen LogP contribution in [0.1, 0.15) is 65.7 Å². The largest absolute Gasteiger partial charge is 0.478 e. The van der Waals surface area contributed by atoms with Gasteiger partial charge in [-0.2, -0.15) is 0 Å². The van der Waals surface area contributed by atoms with Crippen molar-refractivity contribution < 1.29 is 24.2 Å². The lowest BCUT2D eigenvalue weighted by molar-refractivity contribution is -0.148. The number of aliphatic carboxylic acids is 1. The average Bonchev–Trinajstić information content (AvgIpc) is 2.86. The van der Waals surface area contributed by atoms with Crippen LogP contribution in [-0.2, 0) is 19.1 Å². The molecule has 3 saturated carbocycles. The van der Waals surface area contributed by atoms with E-state index in [0.717, 1.165) is 44.6 Å². The molecule has 0 aliphatic heterocycles. The minimum atomic E-state index is -1.02. The first kappa shape index (κ1) is 19.4. The van der Waals surface area contributed by atoms with Gasteiger partial charge in [-0.05, 0) is 61.7 Å². The molecule has 6 unspecified atom stereocenters. The van der Waals surface area contributed by atoms with E-state index in [9.17, 15) is 14.4 Å². The molecule has 4 aliphatic carbocycles. The van der Waals surface area contributed by atoms with Crippen LogP contribution in [0.25, 0.3) is 0 Å². The molecule has 0 spiro atoms. The Labute approximate surface area is 166 Å². The predicted molar refractivity (Wildman–Crippen MR) is 103 cm³/mol. The number of allylic oxidation sites excluding steroid dienone is 2. The number of carbonyl (C=O) groups is 3. The van der Waals surface area contributed by atoms with Crippen molar-refractivity contribution in [2.75, 3.05) is 0 Å². The van der Waals surface area contributed by atoms with E-state index in [-0.39, 0.29) is 29.2 Å². The summed E-state index contributed by atoms with van der Waals surface area (Å²) in [6.45, 7) is 5.88. The fourth-order valence-electron chi connectivity index (χ4n) is 6.91. The van der Waals surface area contributed by atoms with E-state index in [4.69, 9.17) is 9.84 Å². The lowest BCUT2D eigenvalue weighted by atomic mass is 9.48. The Bertz CT molecular complexity index is 793. The van der Waals surface area contributed by atoms with Crippen molar-refractivity contribution in [2.24, 2.45) is 28.6 Å². The molecule has 152 valence electrons. The summed E-state index contributed by atoms with van der Waals surface area (Å²) in [6, 6.07) is 0. The monoisotopic (exact) mass is 386 g/mol. The fourth-order valence-corrected chi connectivity index (χ4v) is 6.91. The second kappa shape index (κ2) is 6.57. The lowest BCUT2D eigenvalue weighted by Gasteiger charge is -2.56. The smallest absolute Gasteiger partial charge is 0.328 e. The van der Waals surface area contributed by atoms with Gasteiger partial charge in [0.15, 0.2) is 5.78 Å².